The van der Waals surface area contributed by atoms with Crippen LogP contribution in [0.2, 0.25) is 0 Å². The van der Waals surface area contributed by atoms with Gasteiger partial charge in [-0.25, -0.2) is 0 Å². The van der Waals surface area contributed by atoms with Crippen molar-refractivity contribution in [3.8, 4) is 5.75 Å². The third-order valence-electron chi connectivity index (χ3n) is 3.02. The van der Waals surface area contributed by atoms with Crippen molar-refractivity contribution in [1.82, 2.24) is 0 Å². The molecule has 2 rings (SSSR count). The van der Waals surface area contributed by atoms with Crippen LogP contribution in [0.5, 0.6) is 5.75 Å². The van der Waals surface area contributed by atoms with Gasteiger partial charge in [-0.05, 0) is 36.1 Å². The van der Waals surface area contributed by atoms with Gasteiger partial charge in [-0.1, -0.05) is 61.9 Å². The van der Waals surface area contributed by atoms with Crippen LogP contribution in [0.25, 0.3) is 5.57 Å². The Morgan fingerprint density at radius 1 is 0.947 bits per heavy atom. The van der Waals surface area contributed by atoms with Crippen LogP contribution in [0.4, 0.5) is 0 Å². The van der Waals surface area contributed by atoms with Gasteiger partial charge in [0.25, 0.3) is 0 Å². The first-order chi connectivity index (χ1) is 9.40. The largest absolute Gasteiger partial charge is 0.465 e. The molecular weight excluding hydrogens is 232 g/mol. The van der Waals surface area contributed by atoms with Crippen molar-refractivity contribution in [3.63, 3.8) is 0 Å². The molecule has 1 heteroatoms. The van der Waals surface area contributed by atoms with Gasteiger partial charge in [0, 0.05) is 0 Å². The lowest BCUT2D eigenvalue weighted by Gasteiger charge is -2.08. The predicted octanol–water partition coefficient (Wildman–Crippen LogP) is 5.30. The van der Waals surface area contributed by atoms with Crippen LogP contribution in [0.15, 0.2) is 66.9 Å². The molecule has 0 radical (unpaired) electrons. The lowest BCUT2D eigenvalue weighted by Crippen LogP contribution is -1.90. The summed E-state index contributed by atoms with van der Waals surface area (Å²) in [5.41, 5.74) is 2.50. The van der Waals surface area contributed by atoms with Crippen molar-refractivity contribution >= 4 is 5.57 Å². The van der Waals surface area contributed by atoms with E-state index in [1.54, 1.807) is 0 Å². The number of hydrogen-bond donors (Lipinski definition) is 0. The highest BCUT2D eigenvalue weighted by Crippen LogP contribution is 2.21. The maximum atomic E-state index is 5.76. The van der Waals surface area contributed by atoms with Crippen LogP contribution < -0.4 is 4.74 Å². The summed E-state index contributed by atoms with van der Waals surface area (Å²) in [6, 6.07) is 20.3. The van der Waals surface area contributed by atoms with Gasteiger partial charge < -0.3 is 4.74 Å². The van der Waals surface area contributed by atoms with Gasteiger partial charge in [0.1, 0.15) is 5.75 Å². The normalized spacial score (nSPS) is 11.3. The highest BCUT2D eigenvalue weighted by atomic mass is 16.5. The van der Waals surface area contributed by atoms with Gasteiger partial charge in [-0.2, -0.15) is 0 Å². The Morgan fingerprint density at radius 2 is 1.58 bits per heavy atom. The van der Waals surface area contributed by atoms with E-state index in [9.17, 15) is 0 Å². The summed E-state index contributed by atoms with van der Waals surface area (Å²) in [5, 5.41) is 0. The van der Waals surface area contributed by atoms with Gasteiger partial charge in [-0.3, -0.25) is 0 Å². The number of para-hydroxylation sites is 1. The van der Waals surface area contributed by atoms with Crippen LogP contribution in [0, 0.1) is 0 Å². The van der Waals surface area contributed by atoms with Gasteiger partial charge >= 0.3 is 0 Å². The van der Waals surface area contributed by atoms with Crippen LogP contribution >= 0.6 is 0 Å². The van der Waals surface area contributed by atoms with E-state index >= 15 is 0 Å². The van der Waals surface area contributed by atoms with Crippen LogP contribution in [0.3, 0.4) is 0 Å². The second kappa shape index (κ2) is 7.42. The molecule has 0 unspecified atom stereocenters. The first-order valence-electron chi connectivity index (χ1n) is 6.86. The zero-order valence-corrected chi connectivity index (χ0v) is 11.4. The maximum absolute atomic E-state index is 5.76. The van der Waals surface area contributed by atoms with E-state index in [0.717, 1.165) is 12.2 Å². The Balaban J connectivity index is 2.13. The quantitative estimate of drug-likeness (QED) is 0.634. The maximum Gasteiger partial charge on any atom is 0.126 e. The zero-order chi connectivity index (χ0) is 13.3. The average Bonchev–Trinajstić information content (AvgIpc) is 2.49. The van der Waals surface area contributed by atoms with Crippen LogP contribution in [-0.4, -0.2) is 0 Å². The van der Waals surface area contributed by atoms with E-state index in [4.69, 9.17) is 4.74 Å². The molecule has 0 N–H and O–H groups in total. The van der Waals surface area contributed by atoms with Gasteiger partial charge in [-0.15, -0.1) is 0 Å². The minimum atomic E-state index is 0.882. The molecule has 2 aromatic carbocycles. The molecule has 0 saturated carbocycles. The molecule has 2 aromatic rings. The number of hydrogen-bond acceptors (Lipinski definition) is 1. The minimum absolute atomic E-state index is 0.882. The third kappa shape index (κ3) is 4.29. The molecule has 0 spiro atoms. The molecule has 0 aliphatic rings. The van der Waals surface area contributed by atoms with Crippen molar-refractivity contribution in [2.75, 3.05) is 0 Å². The fraction of sp³-hybridized carbons (Fsp3) is 0.222. The number of rotatable bonds is 6. The van der Waals surface area contributed by atoms with E-state index in [1.807, 2.05) is 42.7 Å². The molecule has 1 nitrogen and oxygen atoms in total. The SMILES string of the molecule is CCCC/C(=C\Oc1ccccc1)c1ccccc1. The van der Waals surface area contributed by atoms with Crippen molar-refractivity contribution in [2.45, 2.75) is 26.2 Å². The second-order valence-corrected chi connectivity index (χ2v) is 4.54. The molecule has 0 aliphatic heterocycles. The second-order valence-electron chi connectivity index (χ2n) is 4.54. The van der Waals surface area contributed by atoms with Crippen LogP contribution in [0.1, 0.15) is 31.7 Å². The number of benzene rings is 2. The Hall–Kier alpha value is -2.02. The van der Waals surface area contributed by atoms with Crippen molar-refractivity contribution in [1.29, 1.82) is 0 Å². The predicted molar refractivity (Wildman–Crippen MR) is 81.0 cm³/mol. The average molecular weight is 252 g/mol. The summed E-state index contributed by atoms with van der Waals surface area (Å²) in [5.74, 6) is 0.882. The Morgan fingerprint density at radius 3 is 2.21 bits per heavy atom. The third-order valence-corrected chi connectivity index (χ3v) is 3.02. The summed E-state index contributed by atoms with van der Waals surface area (Å²) < 4.78 is 5.76. The van der Waals surface area contributed by atoms with Gasteiger partial charge in [0.2, 0.25) is 0 Å². The van der Waals surface area contributed by atoms with E-state index in [1.165, 1.54) is 24.0 Å². The van der Waals surface area contributed by atoms with E-state index in [2.05, 4.69) is 31.2 Å². The van der Waals surface area contributed by atoms with E-state index in [-0.39, 0.29) is 0 Å². The van der Waals surface area contributed by atoms with Crippen molar-refractivity contribution in [2.24, 2.45) is 0 Å². The minimum Gasteiger partial charge on any atom is -0.465 e. The Labute approximate surface area is 115 Å². The molecule has 0 bridgehead atoms. The molecule has 0 atom stereocenters. The fourth-order valence-electron chi connectivity index (χ4n) is 1.93. The molecule has 0 aromatic heterocycles. The fourth-order valence-corrected chi connectivity index (χ4v) is 1.93. The highest BCUT2D eigenvalue weighted by molar-refractivity contribution is 5.64. The zero-order valence-electron chi connectivity index (χ0n) is 11.4. The molecule has 0 heterocycles. The first-order valence-corrected chi connectivity index (χ1v) is 6.86. The summed E-state index contributed by atoms with van der Waals surface area (Å²) in [4.78, 5) is 0. The highest BCUT2D eigenvalue weighted by Gasteiger charge is 2.01. The molecule has 19 heavy (non-hydrogen) atoms. The molecule has 0 fully saturated rings. The smallest absolute Gasteiger partial charge is 0.126 e. The topological polar surface area (TPSA) is 9.23 Å². The summed E-state index contributed by atoms with van der Waals surface area (Å²) in [6.45, 7) is 2.21. The summed E-state index contributed by atoms with van der Waals surface area (Å²) >= 11 is 0. The molecule has 0 aliphatic carbocycles. The lowest BCUT2D eigenvalue weighted by atomic mass is 10.0. The number of allylic oxidation sites excluding steroid dienone is 1. The number of ether oxygens (including phenoxy) is 1. The first kappa shape index (κ1) is 13.4. The van der Waals surface area contributed by atoms with E-state index in [0.29, 0.717) is 0 Å². The molecular formula is C18H20O. The van der Waals surface area contributed by atoms with Gasteiger partial charge in [0.15, 0.2) is 0 Å². The molecule has 98 valence electrons. The Kier molecular flexibility index (Phi) is 5.24. The monoisotopic (exact) mass is 252 g/mol. The van der Waals surface area contributed by atoms with Crippen LogP contribution in [-0.2, 0) is 0 Å². The number of unbranched alkanes of at least 4 members (excludes halogenated alkanes) is 1. The molecule has 0 amide bonds. The van der Waals surface area contributed by atoms with E-state index < -0.39 is 0 Å². The standard InChI is InChI=1S/C18H20O/c1-2-3-10-17(16-11-6-4-7-12-16)15-19-18-13-8-5-9-14-18/h4-9,11-15H,2-3,10H2,1H3/b17-15+. The lowest BCUT2D eigenvalue weighted by molar-refractivity contribution is 0.481. The van der Waals surface area contributed by atoms with Gasteiger partial charge in [0.05, 0.1) is 6.26 Å². The molecule has 0 saturated heterocycles. The van der Waals surface area contributed by atoms with Crippen molar-refractivity contribution in [3.05, 3.63) is 72.5 Å². The van der Waals surface area contributed by atoms with Crippen molar-refractivity contribution < 1.29 is 4.74 Å². The summed E-state index contributed by atoms with van der Waals surface area (Å²) in [6.07, 6.45) is 5.31. The summed E-state index contributed by atoms with van der Waals surface area (Å²) in [7, 11) is 0. The Bertz CT molecular complexity index is 500.